The Kier molecular flexibility index (Phi) is 6.65. The molecule has 0 aliphatic carbocycles. The van der Waals surface area contributed by atoms with Crippen LogP contribution in [0.3, 0.4) is 0 Å². The van der Waals surface area contributed by atoms with Crippen molar-refractivity contribution in [2.75, 3.05) is 13.1 Å². The first-order chi connectivity index (χ1) is 9.31. The summed E-state index contributed by atoms with van der Waals surface area (Å²) >= 11 is 2.48. The molecule has 0 radical (unpaired) electrons. The summed E-state index contributed by atoms with van der Waals surface area (Å²) in [5.41, 5.74) is 1.54. The third-order valence-electron chi connectivity index (χ3n) is 4.21. The van der Waals surface area contributed by atoms with Gasteiger partial charge in [-0.25, -0.2) is 0 Å². The van der Waals surface area contributed by atoms with Crippen molar-refractivity contribution in [1.82, 2.24) is 4.90 Å². The quantitative estimate of drug-likeness (QED) is 0.645. The van der Waals surface area contributed by atoms with Crippen LogP contribution in [0.2, 0.25) is 0 Å². The summed E-state index contributed by atoms with van der Waals surface area (Å²) in [5, 5.41) is 0. The van der Waals surface area contributed by atoms with Crippen LogP contribution in [-0.2, 0) is 6.42 Å². The molecular weight excluding hydrogens is 345 g/mol. The molecule has 1 nitrogen and oxygen atoms in total. The Morgan fingerprint density at radius 3 is 2.58 bits per heavy atom. The molecule has 1 unspecified atom stereocenters. The average molecular weight is 371 g/mol. The third-order valence-corrected chi connectivity index (χ3v) is 5.26. The molecule has 1 fully saturated rings. The van der Waals surface area contributed by atoms with Crippen LogP contribution >= 0.6 is 22.6 Å². The lowest BCUT2D eigenvalue weighted by Crippen LogP contribution is -2.40. The first-order valence-electron chi connectivity index (χ1n) is 7.78. The molecule has 0 aromatic heterocycles. The highest BCUT2D eigenvalue weighted by atomic mass is 127. The zero-order valence-corrected chi connectivity index (χ0v) is 14.2. The van der Waals surface area contributed by atoms with E-state index in [9.17, 15) is 0 Å². The van der Waals surface area contributed by atoms with E-state index in [-0.39, 0.29) is 0 Å². The van der Waals surface area contributed by atoms with E-state index in [0.29, 0.717) is 0 Å². The van der Waals surface area contributed by atoms with Gasteiger partial charge in [0, 0.05) is 9.61 Å². The minimum absolute atomic E-state index is 0.760. The van der Waals surface area contributed by atoms with Crippen molar-refractivity contribution in [3.63, 3.8) is 0 Å². The van der Waals surface area contributed by atoms with Crippen LogP contribution in [-0.4, -0.2) is 24.0 Å². The molecule has 0 bridgehead atoms. The average Bonchev–Trinajstić information content (AvgIpc) is 2.46. The molecule has 19 heavy (non-hydrogen) atoms. The molecule has 1 aliphatic heterocycles. The molecule has 2 heteroatoms. The smallest absolute Gasteiger partial charge is 0.0162 e. The Balaban J connectivity index is 2.02. The van der Waals surface area contributed by atoms with Gasteiger partial charge in [-0.2, -0.15) is 0 Å². The largest absolute Gasteiger partial charge is 0.300 e. The molecule has 0 spiro atoms. The molecule has 1 aromatic rings. The summed E-state index contributed by atoms with van der Waals surface area (Å²) in [6.07, 6.45) is 9.50. The van der Waals surface area contributed by atoms with E-state index in [1.54, 1.807) is 0 Å². The van der Waals surface area contributed by atoms with Gasteiger partial charge in [-0.3, -0.25) is 0 Å². The van der Waals surface area contributed by atoms with Gasteiger partial charge in [0.15, 0.2) is 0 Å². The normalized spacial score (nSPS) is 18.4. The summed E-state index contributed by atoms with van der Waals surface area (Å²) in [4.78, 5) is 2.75. The van der Waals surface area contributed by atoms with Gasteiger partial charge in [0.05, 0.1) is 0 Å². The van der Waals surface area contributed by atoms with Crippen molar-refractivity contribution in [3.8, 4) is 0 Å². The first kappa shape index (κ1) is 15.3. The second-order valence-electron chi connectivity index (χ2n) is 5.69. The lowest BCUT2D eigenvalue weighted by Gasteiger charge is -2.35. The van der Waals surface area contributed by atoms with Crippen LogP contribution in [0.25, 0.3) is 0 Å². The Hall–Kier alpha value is -0.0900. The number of nitrogens with zero attached hydrogens (tertiary/aromatic N) is 1. The van der Waals surface area contributed by atoms with Gasteiger partial charge in [0.25, 0.3) is 0 Å². The minimum Gasteiger partial charge on any atom is -0.300 e. The van der Waals surface area contributed by atoms with Gasteiger partial charge in [0.1, 0.15) is 0 Å². The number of likely N-dealkylation sites (tertiary alicyclic amines) is 1. The third kappa shape index (κ3) is 4.75. The van der Waals surface area contributed by atoms with Gasteiger partial charge in [-0.1, -0.05) is 44.4 Å². The van der Waals surface area contributed by atoms with Crippen LogP contribution < -0.4 is 0 Å². The fourth-order valence-electron chi connectivity index (χ4n) is 3.05. The Morgan fingerprint density at radius 2 is 1.89 bits per heavy atom. The molecular formula is C17H26IN. The van der Waals surface area contributed by atoms with Crippen molar-refractivity contribution in [3.05, 3.63) is 33.4 Å². The van der Waals surface area contributed by atoms with Gasteiger partial charge < -0.3 is 4.90 Å². The lowest BCUT2D eigenvalue weighted by molar-refractivity contribution is 0.152. The second-order valence-corrected chi connectivity index (χ2v) is 6.85. The molecule has 106 valence electrons. The van der Waals surface area contributed by atoms with Gasteiger partial charge in [-0.15, -0.1) is 0 Å². The summed E-state index contributed by atoms with van der Waals surface area (Å²) < 4.78 is 1.43. The van der Waals surface area contributed by atoms with Crippen LogP contribution in [0, 0.1) is 3.57 Å². The number of unbranched alkanes of at least 4 members (excludes halogenated alkanes) is 1. The number of hydrogen-bond acceptors (Lipinski definition) is 1. The number of hydrogen-bond donors (Lipinski definition) is 0. The van der Waals surface area contributed by atoms with Crippen molar-refractivity contribution in [2.24, 2.45) is 0 Å². The Labute approximate surface area is 131 Å². The SMILES string of the molecule is CCCCC(Cc1ccccc1I)N1CCCCC1. The number of piperidine rings is 1. The fraction of sp³-hybridized carbons (Fsp3) is 0.647. The molecule has 1 heterocycles. The first-order valence-corrected chi connectivity index (χ1v) is 8.86. The molecule has 2 rings (SSSR count). The fourth-order valence-corrected chi connectivity index (χ4v) is 3.66. The van der Waals surface area contributed by atoms with E-state index < -0.39 is 0 Å². The van der Waals surface area contributed by atoms with Crippen LogP contribution in [0.1, 0.15) is 51.0 Å². The summed E-state index contributed by atoms with van der Waals surface area (Å²) in [6.45, 7) is 4.94. The zero-order chi connectivity index (χ0) is 13.5. The van der Waals surface area contributed by atoms with Crippen LogP contribution in [0.15, 0.2) is 24.3 Å². The van der Waals surface area contributed by atoms with Crippen molar-refractivity contribution in [2.45, 2.75) is 57.9 Å². The minimum atomic E-state index is 0.760. The number of benzene rings is 1. The molecule has 0 N–H and O–H groups in total. The van der Waals surface area contributed by atoms with E-state index in [4.69, 9.17) is 0 Å². The monoisotopic (exact) mass is 371 g/mol. The molecule has 1 atom stereocenters. The maximum absolute atomic E-state index is 2.75. The van der Waals surface area contributed by atoms with Gasteiger partial charge >= 0.3 is 0 Å². The van der Waals surface area contributed by atoms with Gasteiger partial charge in [0.2, 0.25) is 0 Å². The van der Waals surface area contributed by atoms with E-state index in [0.717, 1.165) is 6.04 Å². The molecule has 1 saturated heterocycles. The summed E-state index contributed by atoms with van der Waals surface area (Å²) in [6, 6.07) is 9.64. The van der Waals surface area contributed by atoms with Crippen molar-refractivity contribution in [1.29, 1.82) is 0 Å². The summed E-state index contributed by atoms with van der Waals surface area (Å²) in [5.74, 6) is 0. The maximum atomic E-state index is 2.75. The number of rotatable bonds is 6. The molecule has 0 amide bonds. The predicted octanol–water partition coefficient (Wildman–Crippen LogP) is 4.88. The van der Waals surface area contributed by atoms with E-state index in [1.807, 2.05) is 0 Å². The second kappa shape index (κ2) is 8.25. The lowest BCUT2D eigenvalue weighted by atomic mass is 9.97. The molecule has 0 saturated carbocycles. The van der Waals surface area contributed by atoms with Crippen LogP contribution in [0.5, 0.6) is 0 Å². The van der Waals surface area contributed by atoms with Crippen LogP contribution in [0.4, 0.5) is 0 Å². The van der Waals surface area contributed by atoms with Crippen molar-refractivity contribution < 1.29 is 0 Å². The highest BCUT2D eigenvalue weighted by Gasteiger charge is 2.21. The topological polar surface area (TPSA) is 3.24 Å². The summed E-state index contributed by atoms with van der Waals surface area (Å²) in [7, 11) is 0. The van der Waals surface area contributed by atoms with E-state index in [2.05, 4.69) is 58.7 Å². The maximum Gasteiger partial charge on any atom is 0.0162 e. The van der Waals surface area contributed by atoms with E-state index >= 15 is 0 Å². The Morgan fingerprint density at radius 1 is 1.16 bits per heavy atom. The van der Waals surface area contributed by atoms with Crippen molar-refractivity contribution >= 4 is 22.6 Å². The standard InChI is InChI=1S/C17H26IN/c1-2-3-10-16(19-12-7-4-8-13-19)14-15-9-5-6-11-17(15)18/h5-6,9,11,16H,2-4,7-8,10,12-14H2,1H3. The molecule has 1 aliphatic rings. The molecule has 1 aromatic carbocycles. The highest BCUT2D eigenvalue weighted by molar-refractivity contribution is 14.1. The number of halogens is 1. The van der Waals surface area contributed by atoms with Gasteiger partial charge in [-0.05, 0) is 73.0 Å². The van der Waals surface area contributed by atoms with E-state index in [1.165, 1.54) is 67.2 Å². The Bertz CT molecular complexity index is 371. The highest BCUT2D eigenvalue weighted by Crippen LogP contribution is 2.22. The predicted molar refractivity (Wildman–Crippen MR) is 91.6 cm³/mol. The zero-order valence-electron chi connectivity index (χ0n) is 12.1.